The van der Waals surface area contributed by atoms with Crippen LogP contribution < -0.4 is 11.1 Å². The van der Waals surface area contributed by atoms with E-state index in [0.29, 0.717) is 11.7 Å². The highest BCUT2D eigenvalue weighted by Gasteiger charge is 2.30. The first-order valence-electron chi connectivity index (χ1n) is 7.57. The van der Waals surface area contributed by atoms with Gasteiger partial charge in [-0.25, -0.2) is 4.98 Å². The van der Waals surface area contributed by atoms with Crippen molar-refractivity contribution in [1.29, 1.82) is 0 Å². The molecule has 0 aromatic carbocycles. The molecule has 2 atom stereocenters. The molecule has 3 rings (SSSR count). The maximum atomic E-state index is 12.2. The fourth-order valence-corrected chi connectivity index (χ4v) is 3.88. The van der Waals surface area contributed by atoms with Crippen molar-refractivity contribution in [3.63, 3.8) is 0 Å². The van der Waals surface area contributed by atoms with E-state index in [1.807, 2.05) is 0 Å². The summed E-state index contributed by atoms with van der Waals surface area (Å²) in [6.45, 7) is 5.68. The van der Waals surface area contributed by atoms with Crippen molar-refractivity contribution in [2.75, 3.05) is 25.0 Å². The van der Waals surface area contributed by atoms with Crippen molar-refractivity contribution >= 4 is 47.2 Å². The summed E-state index contributed by atoms with van der Waals surface area (Å²) < 4.78 is 5.61. The summed E-state index contributed by atoms with van der Waals surface area (Å²) >= 11 is 1.58. The Hall–Kier alpha value is -0.440. The zero-order chi connectivity index (χ0) is 14.8. The summed E-state index contributed by atoms with van der Waals surface area (Å²) in [5.74, 6) is -0.0932. The molecule has 0 unspecified atom stereocenters. The van der Waals surface area contributed by atoms with E-state index in [2.05, 4.69) is 22.1 Å². The van der Waals surface area contributed by atoms with E-state index in [4.69, 9.17) is 10.5 Å². The Labute approximate surface area is 153 Å². The zero-order valence-electron chi connectivity index (χ0n) is 13.1. The fraction of sp³-hybridized carbons (Fsp3) is 0.714. The van der Waals surface area contributed by atoms with E-state index >= 15 is 0 Å². The lowest BCUT2D eigenvalue weighted by Gasteiger charge is -2.23. The standard InChI is InChI=1S/C14H22N4O2S.2ClH/c1-2-18-6-5-10-12(8-18)21-14(16-10)17-13(19)11-4-3-9(7-15)20-11;;/h9,11H,2-8,15H2,1H3,(H,16,17,19);2*1H/t9-,11+;;/m1../s1. The van der Waals surface area contributed by atoms with Crippen LogP contribution in [0, 0.1) is 0 Å². The third kappa shape index (κ3) is 4.78. The molecule has 132 valence electrons. The molecule has 0 spiro atoms. The number of likely N-dealkylation sites (N-methyl/N-ethyl adjacent to an activating group) is 1. The van der Waals surface area contributed by atoms with E-state index in [0.717, 1.165) is 44.6 Å². The molecule has 23 heavy (non-hydrogen) atoms. The molecule has 2 aliphatic rings. The third-order valence-electron chi connectivity index (χ3n) is 4.15. The molecule has 9 heteroatoms. The van der Waals surface area contributed by atoms with Gasteiger partial charge in [0.2, 0.25) is 0 Å². The van der Waals surface area contributed by atoms with Crippen LogP contribution >= 0.6 is 36.2 Å². The quantitative estimate of drug-likeness (QED) is 0.829. The summed E-state index contributed by atoms with van der Waals surface area (Å²) in [4.78, 5) is 20.4. The Morgan fingerprint density at radius 2 is 2.26 bits per heavy atom. The number of nitrogens with two attached hydrogens (primary N) is 1. The lowest BCUT2D eigenvalue weighted by Crippen LogP contribution is -2.30. The van der Waals surface area contributed by atoms with Gasteiger partial charge in [-0.15, -0.1) is 36.2 Å². The van der Waals surface area contributed by atoms with Crippen LogP contribution in [0.1, 0.15) is 30.3 Å². The van der Waals surface area contributed by atoms with Gasteiger partial charge in [0.25, 0.3) is 5.91 Å². The summed E-state index contributed by atoms with van der Waals surface area (Å²) in [5, 5.41) is 3.60. The van der Waals surface area contributed by atoms with Gasteiger partial charge in [0.1, 0.15) is 6.10 Å². The largest absolute Gasteiger partial charge is 0.364 e. The molecule has 1 aromatic rings. The second-order valence-corrected chi connectivity index (χ2v) is 6.64. The van der Waals surface area contributed by atoms with Crippen LogP contribution in [0.4, 0.5) is 5.13 Å². The molecule has 2 aliphatic heterocycles. The first-order valence-corrected chi connectivity index (χ1v) is 8.38. The minimum absolute atomic E-state index is 0. The number of aromatic nitrogens is 1. The van der Waals surface area contributed by atoms with Crippen molar-refractivity contribution in [3.8, 4) is 0 Å². The van der Waals surface area contributed by atoms with E-state index in [-0.39, 0.29) is 42.9 Å². The Morgan fingerprint density at radius 1 is 1.48 bits per heavy atom. The highest BCUT2D eigenvalue weighted by atomic mass is 35.5. The topological polar surface area (TPSA) is 80.5 Å². The van der Waals surface area contributed by atoms with Crippen molar-refractivity contribution < 1.29 is 9.53 Å². The Morgan fingerprint density at radius 3 is 2.91 bits per heavy atom. The highest BCUT2D eigenvalue weighted by molar-refractivity contribution is 7.15. The van der Waals surface area contributed by atoms with Crippen molar-refractivity contribution in [2.45, 2.75) is 44.9 Å². The number of rotatable bonds is 4. The number of nitrogens with zero attached hydrogens (tertiary/aromatic N) is 2. The Bertz CT molecular complexity index is 529. The Kier molecular flexibility index (Phi) is 8.20. The minimum Gasteiger partial charge on any atom is -0.364 e. The van der Waals surface area contributed by atoms with Gasteiger partial charge in [0, 0.05) is 30.9 Å². The monoisotopic (exact) mass is 382 g/mol. The maximum Gasteiger partial charge on any atom is 0.255 e. The number of halogens is 2. The van der Waals surface area contributed by atoms with E-state index in [1.165, 1.54) is 4.88 Å². The number of fused-ring (bicyclic) bond motifs is 1. The van der Waals surface area contributed by atoms with E-state index < -0.39 is 0 Å². The third-order valence-corrected chi connectivity index (χ3v) is 5.15. The first kappa shape index (κ1) is 20.6. The molecule has 0 saturated carbocycles. The lowest BCUT2D eigenvalue weighted by atomic mass is 10.2. The molecule has 1 aromatic heterocycles. The fourth-order valence-electron chi connectivity index (χ4n) is 2.83. The molecular weight excluding hydrogens is 359 g/mol. The summed E-state index contributed by atoms with van der Waals surface area (Å²) in [6.07, 6.45) is 2.19. The summed E-state index contributed by atoms with van der Waals surface area (Å²) in [5.41, 5.74) is 6.70. The number of carbonyl (C=O) groups excluding carboxylic acids is 1. The molecule has 1 saturated heterocycles. The number of nitrogens with one attached hydrogen (secondary N) is 1. The number of hydrogen-bond donors (Lipinski definition) is 2. The van der Waals surface area contributed by atoms with Crippen LogP contribution in [0.2, 0.25) is 0 Å². The molecule has 3 heterocycles. The van der Waals surface area contributed by atoms with Gasteiger partial charge >= 0.3 is 0 Å². The van der Waals surface area contributed by atoms with Crippen molar-refractivity contribution in [1.82, 2.24) is 9.88 Å². The van der Waals surface area contributed by atoms with Gasteiger partial charge in [-0.05, 0) is 19.4 Å². The average Bonchev–Trinajstić information content (AvgIpc) is 3.12. The second-order valence-electron chi connectivity index (χ2n) is 5.56. The van der Waals surface area contributed by atoms with Gasteiger partial charge in [-0.3, -0.25) is 15.0 Å². The predicted molar refractivity (Wildman–Crippen MR) is 96.8 cm³/mol. The number of amides is 1. The van der Waals surface area contributed by atoms with E-state index in [9.17, 15) is 4.79 Å². The van der Waals surface area contributed by atoms with Gasteiger partial charge < -0.3 is 10.5 Å². The molecule has 0 aliphatic carbocycles. The van der Waals surface area contributed by atoms with Gasteiger partial charge in [0.05, 0.1) is 11.8 Å². The number of anilines is 1. The molecule has 6 nitrogen and oxygen atoms in total. The molecule has 0 radical (unpaired) electrons. The van der Waals surface area contributed by atoms with Gasteiger partial charge in [-0.1, -0.05) is 6.92 Å². The average molecular weight is 383 g/mol. The van der Waals surface area contributed by atoms with Crippen LogP contribution in [-0.2, 0) is 22.5 Å². The second kappa shape index (κ2) is 9.15. The zero-order valence-corrected chi connectivity index (χ0v) is 15.6. The predicted octanol–water partition coefficient (Wildman–Crippen LogP) is 1.81. The van der Waals surface area contributed by atoms with Crippen LogP contribution in [0.25, 0.3) is 0 Å². The number of carbonyl (C=O) groups is 1. The van der Waals surface area contributed by atoms with Crippen molar-refractivity contribution in [3.05, 3.63) is 10.6 Å². The highest BCUT2D eigenvalue weighted by Crippen LogP contribution is 2.29. The molecular formula is C14H24Cl2N4O2S. The van der Waals surface area contributed by atoms with Crippen LogP contribution in [0.15, 0.2) is 0 Å². The van der Waals surface area contributed by atoms with Crippen molar-refractivity contribution in [2.24, 2.45) is 5.73 Å². The number of hydrogen-bond acceptors (Lipinski definition) is 6. The SMILES string of the molecule is CCN1CCc2nc(NC(=O)[C@@H]3CC[C@H](CN)O3)sc2C1.Cl.Cl. The van der Waals surface area contributed by atoms with Gasteiger partial charge in [0.15, 0.2) is 5.13 Å². The van der Waals surface area contributed by atoms with Crippen LogP contribution in [0.3, 0.4) is 0 Å². The first-order chi connectivity index (χ1) is 10.2. The Balaban J connectivity index is 0.00000132. The van der Waals surface area contributed by atoms with Gasteiger partial charge in [-0.2, -0.15) is 0 Å². The molecule has 1 fully saturated rings. The number of thiazole rings is 1. The molecule has 3 N–H and O–H groups in total. The maximum absolute atomic E-state index is 12.2. The molecule has 0 bridgehead atoms. The summed E-state index contributed by atoms with van der Waals surface area (Å²) in [6, 6.07) is 0. The molecule has 1 amide bonds. The normalized spacial score (nSPS) is 23.6. The van der Waals surface area contributed by atoms with Crippen LogP contribution in [-0.4, -0.2) is 47.6 Å². The van der Waals surface area contributed by atoms with E-state index in [1.54, 1.807) is 11.3 Å². The lowest BCUT2D eigenvalue weighted by molar-refractivity contribution is -0.126. The smallest absolute Gasteiger partial charge is 0.255 e. The minimum atomic E-state index is -0.383. The number of ether oxygens (including phenoxy) is 1. The van der Waals surface area contributed by atoms with Crippen LogP contribution in [0.5, 0.6) is 0 Å². The summed E-state index contributed by atoms with van der Waals surface area (Å²) in [7, 11) is 0.